The molecule has 0 radical (unpaired) electrons. The van der Waals surface area contributed by atoms with Crippen LogP contribution < -0.4 is 0 Å². The van der Waals surface area contributed by atoms with Gasteiger partial charge in [-0.25, -0.2) is 18.2 Å². The Morgan fingerprint density at radius 3 is 2.52 bits per heavy atom. The second-order valence-corrected chi connectivity index (χ2v) is 9.65. The fraction of sp³-hybridized carbons (Fsp3) is 0.364. The van der Waals surface area contributed by atoms with E-state index in [-0.39, 0.29) is 10.5 Å². The normalized spacial score (nSPS) is 16.0. The highest BCUT2D eigenvalue weighted by atomic mass is 32.2. The van der Waals surface area contributed by atoms with Crippen molar-refractivity contribution in [1.29, 1.82) is 0 Å². The van der Waals surface area contributed by atoms with Crippen LogP contribution in [0.15, 0.2) is 47.5 Å². The minimum atomic E-state index is -3.79. The molecule has 0 N–H and O–H groups in total. The van der Waals surface area contributed by atoms with Crippen LogP contribution in [-0.4, -0.2) is 66.3 Å². The van der Waals surface area contributed by atoms with Gasteiger partial charge in [-0.15, -0.1) is 0 Å². The Balaban J connectivity index is 1.50. The summed E-state index contributed by atoms with van der Waals surface area (Å²) in [7, 11) is -2.55. The minimum absolute atomic E-state index is 0.0108. The van der Waals surface area contributed by atoms with Crippen molar-refractivity contribution in [1.82, 2.24) is 18.6 Å². The molecule has 31 heavy (non-hydrogen) atoms. The van der Waals surface area contributed by atoms with Gasteiger partial charge in [-0.05, 0) is 43.7 Å². The fourth-order valence-electron chi connectivity index (χ4n) is 3.95. The number of sulfonamides is 1. The summed E-state index contributed by atoms with van der Waals surface area (Å²) < 4.78 is 34.7. The molecule has 0 saturated carbocycles. The van der Waals surface area contributed by atoms with E-state index in [2.05, 4.69) is 26.4 Å². The van der Waals surface area contributed by atoms with Crippen LogP contribution >= 0.6 is 0 Å². The number of aryl methyl sites for hydroxylation is 2. The van der Waals surface area contributed by atoms with Gasteiger partial charge in [-0.2, -0.15) is 4.31 Å². The van der Waals surface area contributed by atoms with Crippen molar-refractivity contribution >= 4 is 21.6 Å². The highest BCUT2D eigenvalue weighted by molar-refractivity contribution is 7.89. The van der Waals surface area contributed by atoms with Crippen LogP contribution in [0.4, 0.5) is 0 Å². The number of fused-ring (bicyclic) bond motifs is 1. The molecule has 1 fully saturated rings. The molecular weight excluding hydrogens is 416 g/mol. The average molecular weight is 443 g/mol. The Bertz CT molecular complexity index is 1230. The predicted octanol–water partition coefficient (Wildman–Crippen LogP) is 2.24. The SMILES string of the molecule is COC(=O)c1ccccc1S(=O)(=O)N1CCN(Cc2c(C)nc3cc(C)ccn23)CC1. The lowest BCUT2D eigenvalue weighted by molar-refractivity contribution is 0.0596. The molecule has 1 saturated heterocycles. The van der Waals surface area contributed by atoms with Crippen molar-refractivity contribution in [3.63, 3.8) is 0 Å². The van der Waals surface area contributed by atoms with E-state index in [0.717, 1.165) is 22.6 Å². The maximum absolute atomic E-state index is 13.2. The highest BCUT2D eigenvalue weighted by Crippen LogP contribution is 2.23. The largest absolute Gasteiger partial charge is 0.465 e. The maximum atomic E-state index is 13.2. The molecule has 3 heterocycles. The van der Waals surface area contributed by atoms with Crippen LogP contribution in [0.3, 0.4) is 0 Å². The predicted molar refractivity (Wildman–Crippen MR) is 116 cm³/mol. The zero-order chi connectivity index (χ0) is 22.2. The number of rotatable bonds is 5. The van der Waals surface area contributed by atoms with Crippen molar-refractivity contribution in [3.8, 4) is 0 Å². The fourth-order valence-corrected chi connectivity index (χ4v) is 5.56. The number of carbonyl (C=O) groups excluding carboxylic acids is 1. The molecule has 0 spiro atoms. The molecule has 2 aromatic heterocycles. The summed E-state index contributed by atoms with van der Waals surface area (Å²) in [5.41, 5.74) is 4.24. The number of aromatic nitrogens is 2. The summed E-state index contributed by atoms with van der Waals surface area (Å²) in [6, 6.07) is 10.3. The summed E-state index contributed by atoms with van der Waals surface area (Å²) in [4.78, 5) is 18.9. The molecule has 0 aliphatic carbocycles. The number of hydrogen-bond donors (Lipinski definition) is 0. The highest BCUT2D eigenvalue weighted by Gasteiger charge is 2.32. The van der Waals surface area contributed by atoms with Gasteiger partial charge in [-0.1, -0.05) is 12.1 Å². The number of imidazole rings is 1. The van der Waals surface area contributed by atoms with Crippen LogP contribution in [0.25, 0.3) is 5.65 Å². The van der Waals surface area contributed by atoms with Crippen molar-refractivity contribution in [2.24, 2.45) is 0 Å². The van der Waals surface area contributed by atoms with Gasteiger partial charge in [0.15, 0.2) is 0 Å². The van der Waals surface area contributed by atoms with E-state index < -0.39 is 16.0 Å². The van der Waals surface area contributed by atoms with Crippen LogP contribution in [-0.2, 0) is 21.3 Å². The second kappa shape index (κ2) is 8.41. The number of benzene rings is 1. The topological polar surface area (TPSA) is 84.2 Å². The van der Waals surface area contributed by atoms with E-state index in [1.807, 2.05) is 20.0 Å². The van der Waals surface area contributed by atoms with Crippen LogP contribution in [0, 0.1) is 13.8 Å². The summed E-state index contributed by atoms with van der Waals surface area (Å²) in [5.74, 6) is -0.656. The number of ether oxygens (including phenoxy) is 1. The maximum Gasteiger partial charge on any atom is 0.339 e. The zero-order valence-electron chi connectivity index (χ0n) is 17.9. The number of carbonyl (C=O) groups is 1. The number of nitrogens with zero attached hydrogens (tertiary/aromatic N) is 4. The van der Waals surface area contributed by atoms with E-state index in [1.165, 1.54) is 23.5 Å². The van der Waals surface area contributed by atoms with Crippen molar-refractivity contribution < 1.29 is 17.9 Å². The lowest BCUT2D eigenvalue weighted by Crippen LogP contribution is -2.48. The van der Waals surface area contributed by atoms with E-state index >= 15 is 0 Å². The van der Waals surface area contributed by atoms with E-state index in [4.69, 9.17) is 4.74 Å². The van der Waals surface area contributed by atoms with Gasteiger partial charge in [0.25, 0.3) is 0 Å². The number of pyridine rings is 1. The Morgan fingerprint density at radius 2 is 1.81 bits per heavy atom. The van der Waals surface area contributed by atoms with Crippen LogP contribution in [0.5, 0.6) is 0 Å². The minimum Gasteiger partial charge on any atom is -0.465 e. The number of hydrogen-bond acceptors (Lipinski definition) is 6. The lowest BCUT2D eigenvalue weighted by atomic mass is 10.2. The molecule has 8 nitrogen and oxygen atoms in total. The molecule has 0 atom stereocenters. The molecule has 4 rings (SSSR count). The van der Waals surface area contributed by atoms with Gasteiger partial charge in [0, 0.05) is 38.9 Å². The Morgan fingerprint density at radius 1 is 1.10 bits per heavy atom. The van der Waals surface area contributed by atoms with Gasteiger partial charge < -0.3 is 9.14 Å². The van der Waals surface area contributed by atoms with Crippen molar-refractivity contribution in [2.75, 3.05) is 33.3 Å². The summed E-state index contributed by atoms with van der Waals surface area (Å²) in [5, 5.41) is 0. The molecule has 0 unspecified atom stereocenters. The van der Waals surface area contributed by atoms with Gasteiger partial charge >= 0.3 is 5.97 Å². The Kier molecular flexibility index (Phi) is 5.83. The van der Waals surface area contributed by atoms with Gasteiger partial charge in [0.05, 0.1) is 29.0 Å². The monoisotopic (exact) mass is 442 g/mol. The Labute approximate surface area is 182 Å². The molecule has 9 heteroatoms. The molecule has 3 aromatic rings. The second-order valence-electron chi connectivity index (χ2n) is 7.74. The zero-order valence-corrected chi connectivity index (χ0v) is 18.7. The molecule has 1 aliphatic rings. The first-order chi connectivity index (χ1) is 14.8. The first kappa shape index (κ1) is 21.5. The van der Waals surface area contributed by atoms with Gasteiger partial charge in [0.2, 0.25) is 10.0 Å². The van der Waals surface area contributed by atoms with Crippen LogP contribution in [0.1, 0.15) is 27.3 Å². The smallest absolute Gasteiger partial charge is 0.339 e. The quantitative estimate of drug-likeness (QED) is 0.564. The molecule has 1 aliphatic heterocycles. The molecule has 0 amide bonds. The van der Waals surface area contributed by atoms with Crippen LogP contribution in [0.2, 0.25) is 0 Å². The third-order valence-electron chi connectivity index (χ3n) is 5.70. The van der Waals surface area contributed by atoms with E-state index in [1.54, 1.807) is 12.1 Å². The summed E-state index contributed by atoms with van der Waals surface area (Å²) in [6.07, 6.45) is 2.03. The molecule has 1 aromatic carbocycles. The summed E-state index contributed by atoms with van der Waals surface area (Å²) >= 11 is 0. The van der Waals surface area contributed by atoms with Gasteiger partial charge in [-0.3, -0.25) is 4.90 Å². The average Bonchev–Trinajstić information content (AvgIpc) is 3.07. The molecule has 164 valence electrons. The van der Waals surface area contributed by atoms with E-state index in [9.17, 15) is 13.2 Å². The standard InChI is InChI=1S/C22H26N4O4S/c1-16-8-9-26-19(17(2)23-21(26)14-16)15-24-10-12-25(13-11-24)31(28,29)20-7-5-4-6-18(20)22(27)30-3/h4-9,14H,10-13,15H2,1-3H3. The number of methoxy groups -OCH3 is 1. The Hall–Kier alpha value is -2.75. The molecular formula is C22H26N4O4S. The van der Waals surface area contributed by atoms with Gasteiger partial charge in [0.1, 0.15) is 5.65 Å². The first-order valence-electron chi connectivity index (χ1n) is 10.2. The first-order valence-corrected chi connectivity index (χ1v) is 11.6. The number of piperazine rings is 1. The third kappa shape index (κ3) is 4.08. The third-order valence-corrected chi connectivity index (χ3v) is 7.65. The number of esters is 1. The summed E-state index contributed by atoms with van der Waals surface area (Å²) in [6.45, 7) is 6.64. The molecule has 0 bridgehead atoms. The van der Waals surface area contributed by atoms with Crippen molar-refractivity contribution in [3.05, 3.63) is 65.1 Å². The van der Waals surface area contributed by atoms with E-state index in [0.29, 0.717) is 32.7 Å². The van der Waals surface area contributed by atoms with Crippen molar-refractivity contribution in [2.45, 2.75) is 25.3 Å². The lowest BCUT2D eigenvalue weighted by Gasteiger charge is -2.34.